The zero-order valence-electron chi connectivity index (χ0n) is 8.42. The molecular weight excluding hydrogens is 196 g/mol. The molecule has 2 N–H and O–H groups in total. The molecule has 1 aromatic heterocycles. The molecule has 2 heterocycles. The van der Waals surface area contributed by atoms with Crippen molar-refractivity contribution in [3.05, 3.63) is 16.5 Å². The minimum atomic E-state index is 0.220. The van der Waals surface area contributed by atoms with Gasteiger partial charge in [0.1, 0.15) is 0 Å². The zero-order valence-corrected chi connectivity index (χ0v) is 9.23. The predicted molar refractivity (Wildman–Crippen MR) is 60.1 cm³/mol. The first-order valence-electron chi connectivity index (χ1n) is 4.95. The second kappa shape index (κ2) is 4.29. The number of aliphatic hydroxyl groups is 1. The monoisotopic (exact) mass is 212 g/mol. The number of nitrogens with zero attached hydrogens (tertiary/aromatic N) is 1. The molecule has 0 fully saturated rings. The number of rotatable bonds is 3. The second-order valence-electron chi connectivity index (χ2n) is 3.60. The number of hydrogen-bond acceptors (Lipinski definition) is 4. The first kappa shape index (κ1) is 9.96. The van der Waals surface area contributed by atoms with E-state index in [1.165, 1.54) is 15.4 Å². The van der Waals surface area contributed by atoms with E-state index in [1.54, 1.807) is 0 Å². The fourth-order valence-corrected chi connectivity index (χ4v) is 2.85. The number of anilines is 1. The minimum Gasteiger partial charge on any atom is -0.395 e. The van der Waals surface area contributed by atoms with Crippen LogP contribution >= 0.6 is 11.3 Å². The van der Waals surface area contributed by atoms with Crippen molar-refractivity contribution in [3.8, 4) is 0 Å². The molecule has 1 aliphatic heterocycles. The van der Waals surface area contributed by atoms with E-state index in [0.29, 0.717) is 6.54 Å². The maximum atomic E-state index is 8.85. The molecular formula is C10H16N2OS. The number of aliphatic hydroxyl groups excluding tert-OH is 1. The van der Waals surface area contributed by atoms with Crippen LogP contribution < -0.4 is 10.2 Å². The number of fused-ring (bicyclic) bond motifs is 1. The van der Waals surface area contributed by atoms with E-state index >= 15 is 0 Å². The molecule has 0 bridgehead atoms. The van der Waals surface area contributed by atoms with Crippen LogP contribution in [0, 0.1) is 0 Å². The van der Waals surface area contributed by atoms with Crippen molar-refractivity contribution >= 4 is 16.3 Å². The molecule has 1 aliphatic rings. The molecule has 78 valence electrons. The van der Waals surface area contributed by atoms with Gasteiger partial charge in [-0.1, -0.05) is 0 Å². The third kappa shape index (κ3) is 1.92. The standard InChI is InChI=1S/C10H16N2OS/c1-12(4-5-13)10-6-8-7-11-3-2-9(8)14-10/h6,11,13H,2-5,7H2,1H3. The highest BCUT2D eigenvalue weighted by Gasteiger charge is 2.14. The molecule has 0 aliphatic carbocycles. The van der Waals surface area contributed by atoms with Gasteiger partial charge >= 0.3 is 0 Å². The Morgan fingerprint density at radius 2 is 2.50 bits per heavy atom. The normalized spacial score (nSPS) is 15.3. The van der Waals surface area contributed by atoms with Crippen LogP contribution in [0.5, 0.6) is 0 Å². The van der Waals surface area contributed by atoms with E-state index in [9.17, 15) is 0 Å². The Morgan fingerprint density at radius 1 is 1.64 bits per heavy atom. The highest BCUT2D eigenvalue weighted by atomic mass is 32.1. The van der Waals surface area contributed by atoms with Crippen molar-refractivity contribution in [3.63, 3.8) is 0 Å². The summed E-state index contributed by atoms with van der Waals surface area (Å²) in [5.41, 5.74) is 1.43. The Kier molecular flexibility index (Phi) is 3.05. The molecule has 1 aromatic rings. The molecule has 0 radical (unpaired) electrons. The molecule has 14 heavy (non-hydrogen) atoms. The number of thiophene rings is 1. The van der Waals surface area contributed by atoms with Crippen molar-refractivity contribution in [2.75, 3.05) is 31.6 Å². The zero-order chi connectivity index (χ0) is 9.97. The van der Waals surface area contributed by atoms with E-state index < -0.39 is 0 Å². The summed E-state index contributed by atoms with van der Waals surface area (Å²) in [7, 11) is 2.03. The molecule has 0 atom stereocenters. The van der Waals surface area contributed by atoms with Gasteiger partial charge in [-0.3, -0.25) is 0 Å². The maximum absolute atomic E-state index is 8.85. The first-order chi connectivity index (χ1) is 6.81. The lowest BCUT2D eigenvalue weighted by Gasteiger charge is -2.14. The quantitative estimate of drug-likeness (QED) is 0.779. The highest BCUT2D eigenvalue weighted by molar-refractivity contribution is 7.16. The van der Waals surface area contributed by atoms with E-state index in [4.69, 9.17) is 5.11 Å². The predicted octanol–water partition coefficient (Wildman–Crippen LogP) is 0.822. The van der Waals surface area contributed by atoms with Gasteiger partial charge in [-0.15, -0.1) is 11.3 Å². The summed E-state index contributed by atoms with van der Waals surface area (Å²) in [6, 6.07) is 2.24. The smallest absolute Gasteiger partial charge is 0.0912 e. The Hall–Kier alpha value is -0.580. The summed E-state index contributed by atoms with van der Waals surface area (Å²) in [4.78, 5) is 3.62. The van der Waals surface area contributed by atoms with Gasteiger partial charge in [-0.2, -0.15) is 0 Å². The molecule has 4 heteroatoms. The highest BCUT2D eigenvalue weighted by Crippen LogP contribution is 2.31. The lowest BCUT2D eigenvalue weighted by Crippen LogP contribution is -2.21. The molecule has 3 nitrogen and oxygen atoms in total. The maximum Gasteiger partial charge on any atom is 0.0912 e. The molecule has 0 saturated heterocycles. The van der Waals surface area contributed by atoms with Crippen LogP contribution in [-0.4, -0.2) is 31.9 Å². The molecule has 0 unspecified atom stereocenters. The first-order valence-corrected chi connectivity index (χ1v) is 5.77. The topological polar surface area (TPSA) is 35.5 Å². The third-order valence-electron chi connectivity index (χ3n) is 2.54. The summed E-state index contributed by atoms with van der Waals surface area (Å²) in [5.74, 6) is 0. The van der Waals surface area contributed by atoms with Crippen molar-refractivity contribution < 1.29 is 5.11 Å². The van der Waals surface area contributed by atoms with Gasteiger partial charge < -0.3 is 15.3 Å². The Labute approximate surface area is 88.4 Å². The largest absolute Gasteiger partial charge is 0.395 e. The second-order valence-corrected chi connectivity index (χ2v) is 4.72. The van der Waals surface area contributed by atoms with Crippen LogP contribution in [0.3, 0.4) is 0 Å². The van der Waals surface area contributed by atoms with Crippen LogP contribution in [0.4, 0.5) is 5.00 Å². The summed E-state index contributed by atoms with van der Waals surface area (Å²) in [5, 5.41) is 13.5. The summed E-state index contributed by atoms with van der Waals surface area (Å²) in [6.07, 6.45) is 1.15. The Balaban J connectivity index is 2.15. The summed E-state index contributed by atoms with van der Waals surface area (Å²) in [6.45, 7) is 3.03. The fraction of sp³-hybridized carbons (Fsp3) is 0.600. The van der Waals surface area contributed by atoms with Crippen molar-refractivity contribution in [1.29, 1.82) is 0 Å². The summed E-state index contributed by atoms with van der Waals surface area (Å²) < 4.78 is 0. The lowest BCUT2D eigenvalue weighted by molar-refractivity contribution is 0.304. The van der Waals surface area contributed by atoms with E-state index in [-0.39, 0.29) is 6.61 Å². The number of hydrogen-bond donors (Lipinski definition) is 2. The van der Waals surface area contributed by atoms with E-state index in [2.05, 4.69) is 16.3 Å². The van der Waals surface area contributed by atoms with Crippen molar-refractivity contribution in [1.82, 2.24) is 5.32 Å². The van der Waals surface area contributed by atoms with E-state index in [0.717, 1.165) is 19.5 Å². The van der Waals surface area contributed by atoms with Crippen molar-refractivity contribution in [2.24, 2.45) is 0 Å². The number of nitrogens with one attached hydrogen (secondary N) is 1. The van der Waals surface area contributed by atoms with Crippen molar-refractivity contribution in [2.45, 2.75) is 13.0 Å². The van der Waals surface area contributed by atoms with Gasteiger partial charge in [0, 0.05) is 31.6 Å². The van der Waals surface area contributed by atoms with Gasteiger partial charge in [-0.25, -0.2) is 0 Å². The lowest BCUT2D eigenvalue weighted by atomic mass is 10.1. The van der Waals surface area contributed by atoms with Crippen LogP contribution in [0.25, 0.3) is 0 Å². The van der Waals surface area contributed by atoms with Crippen LogP contribution in [0.15, 0.2) is 6.07 Å². The molecule has 0 aromatic carbocycles. The Bertz CT molecular complexity index is 288. The third-order valence-corrected chi connectivity index (χ3v) is 3.89. The van der Waals surface area contributed by atoms with Crippen LogP contribution in [0.1, 0.15) is 10.4 Å². The molecule has 0 amide bonds. The van der Waals surface area contributed by atoms with Crippen LogP contribution in [-0.2, 0) is 13.0 Å². The average molecular weight is 212 g/mol. The van der Waals surface area contributed by atoms with Gasteiger partial charge in [-0.05, 0) is 18.1 Å². The fourth-order valence-electron chi connectivity index (χ4n) is 1.69. The van der Waals surface area contributed by atoms with Gasteiger partial charge in [0.2, 0.25) is 0 Å². The average Bonchev–Trinajstić information content (AvgIpc) is 2.61. The number of likely N-dealkylation sites (N-methyl/N-ethyl adjacent to an activating group) is 1. The van der Waals surface area contributed by atoms with Gasteiger partial charge in [0.25, 0.3) is 0 Å². The van der Waals surface area contributed by atoms with Gasteiger partial charge in [0.05, 0.1) is 11.6 Å². The SMILES string of the molecule is CN(CCO)c1cc2c(s1)CCNC2. The van der Waals surface area contributed by atoms with Crippen LogP contribution in [0.2, 0.25) is 0 Å². The Morgan fingerprint density at radius 3 is 3.21 bits per heavy atom. The molecule has 2 rings (SSSR count). The molecule has 0 saturated carbocycles. The van der Waals surface area contributed by atoms with Gasteiger partial charge in [0.15, 0.2) is 0 Å². The minimum absolute atomic E-state index is 0.220. The summed E-state index contributed by atoms with van der Waals surface area (Å²) >= 11 is 1.86. The molecule has 0 spiro atoms. The van der Waals surface area contributed by atoms with E-state index in [1.807, 2.05) is 18.4 Å².